The summed E-state index contributed by atoms with van der Waals surface area (Å²) in [6.45, 7) is 0. The van der Waals surface area contributed by atoms with Gasteiger partial charge in [-0.25, -0.2) is 9.48 Å². The standard InChI is InChI=1S/C11H5ClF3N3O4/c12-6-3-5(11(13,14)15)1-2-7(6)17-9(10(19)20)8(4-16-17)18(21)22/h1-4H,(H,19,20). The molecule has 0 unspecified atom stereocenters. The highest BCUT2D eigenvalue weighted by Gasteiger charge is 2.32. The Morgan fingerprint density at radius 3 is 2.50 bits per heavy atom. The molecule has 116 valence electrons. The molecule has 1 aromatic carbocycles. The first-order valence-electron chi connectivity index (χ1n) is 5.45. The van der Waals surface area contributed by atoms with Crippen LogP contribution in [0.5, 0.6) is 0 Å². The molecule has 1 aromatic heterocycles. The van der Waals surface area contributed by atoms with Crippen molar-refractivity contribution in [1.82, 2.24) is 9.78 Å². The number of hydrogen-bond acceptors (Lipinski definition) is 4. The van der Waals surface area contributed by atoms with Gasteiger partial charge in [-0.1, -0.05) is 11.6 Å². The second kappa shape index (κ2) is 5.30. The molecule has 7 nitrogen and oxygen atoms in total. The molecular weight excluding hydrogens is 331 g/mol. The van der Waals surface area contributed by atoms with E-state index in [0.29, 0.717) is 23.0 Å². The van der Waals surface area contributed by atoms with E-state index in [1.165, 1.54) is 0 Å². The van der Waals surface area contributed by atoms with E-state index in [9.17, 15) is 28.1 Å². The molecule has 0 aliphatic heterocycles. The molecule has 0 atom stereocenters. The number of halogens is 4. The van der Waals surface area contributed by atoms with Gasteiger partial charge in [0.2, 0.25) is 5.69 Å². The average Bonchev–Trinajstić information content (AvgIpc) is 2.82. The predicted molar refractivity (Wildman–Crippen MR) is 67.2 cm³/mol. The Balaban J connectivity index is 2.63. The van der Waals surface area contributed by atoms with Gasteiger partial charge in [0, 0.05) is 0 Å². The number of carboxylic acid groups (broad SMARTS) is 1. The number of rotatable bonds is 3. The Morgan fingerprint density at radius 2 is 2.05 bits per heavy atom. The molecule has 0 bridgehead atoms. The topological polar surface area (TPSA) is 98.3 Å². The molecular formula is C11H5ClF3N3O4. The van der Waals surface area contributed by atoms with Crippen LogP contribution in [0.15, 0.2) is 24.4 Å². The fourth-order valence-electron chi connectivity index (χ4n) is 1.71. The SMILES string of the molecule is O=C(O)c1c([N+](=O)[O-])cnn1-c1ccc(C(F)(F)F)cc1Cl. The van der Waals surface area contributed by atoms with Crippen LogP contribution in [-0.4, -0.2) is 25.8 Å². The Labute approximate surface area is 124 Å². The van der Waals surface area contributed by atoms with Gasteiger partial charge in [0.15, 0.2) is 0 Å². The van der Waals surface area contributed by atoms with Crippen LogP contribution in [0, 0.1) is 10.1 Å². The fraction of sp³-hybridized carbons (Fsp3) is 0.0909. The van der Waals surface area contributed by atoms with Crippen LogP contribution in [0.25, 0.3) is 5.69 Å². The lowest BCUT2D eigenvalue weighted by Gasteiger charge is -2.10. The average molecular weight is 336 g/mol. The van der Waals surface area contributed by atoms with Crippen molar-refractivity contribution in [2.45, 2.75) is 6.18 Å². The molecule has 0 aliphatic carbocycles. The second-order valence-electron chi connectivity index (χ2n) is 4.02. The summed E-state index contributed by atoms with van der Waals surface area (Å²) in [5.74, 6) is -1.67. The smallest absolute Gasteiger partial charge is 0.416 e. The number of aromatic carboxylic acids is 1. The van der Waals surface area contributed by atoms with Crippen molar-refractivity contribution in [2.24, 2.45) is 0 Å². The van der Waals surface area contributed by atoms with Crippen LogP contribution in [0.1, 0.15) is 16.1 Å². The zero-order valence-corrected chi connectivity index (χ0v) is 11.1. The maximum absolute atomic E-state index is 12.6. The zero-order chi connectivity index (χ0) is 16.7. The summed E-state index contributed by atoms with van der Waals surface area (Å²) in [6.07, 6.45) is -3.95. The summed E-state index contributed by atoms with van der Waals surface area (Å²) >= 11 is 5.71. The number of carboxylic acids is 1. The largest absolute Gasteiger partial charge is 0.476 e. The van der Waals surface area contributed by atoms with Gasteiger partial charge >= 0.3 is 17.8 Å². The number of nitro groups is 1. The lowest BCUT2D eigenvalue weighted by Crippen LogP contribution is -2.11. The molecule has 0 radical (unpaired) electrons. The van der Waals surface area contributed by atoms with Crippen molar-refractivity contribution in [3.8, 4) is 5.69 Å². The molecule has 22 heavy (non-hydrogen) atoms. The number of carbonyl (C=O) groups is 1. The summed E-state index contributed by atoms with van der Waals surface area (Å²) < 4.78 is 38.3. The third kappa shape index (κ3) is 2.72. The van der Waals surface area contributed by atoms with E-state index in [0.717, 1.165) is 6.07 Å². The molecule has 0 fully saturated rings. The third-order valence-electron chi connectivity index (χ3n) is 2.65. The summed E-state index contributed by atoms with van der Waals surface area (Å²) in [5, 5.41) is 22.8. The zero-order valence-electron chi connectivity index (χ0n) is 10.3. The van der Waals surface area contributed by atoms with E-state index >= 15 is 0 Å². The van der Waals surface area contributed by atoms with E-state index in [2.05, 4.69) is 5.10 Å². The Kier molecular flexibility index (Phi) is 3.79. The number of aromatic nitrogens is 2. The van der Waals surface area contributed by atoms with Crippen molar-refractivity contribution in [3.05, 3.63) is 50.8 Å². The van der Waals surface area contributed by atoms with E-state index in [4.69, 9.17) is 16.7 Å². The number of hydrogen-bond donors (Lipinski definition) is 1. The van der Waals surface area contributed by atoms with Gasteiger partial charge in [-0.2, -0.15) is 18.3 Å². The minimum absolute atomic E-state index is 0.222. The van der Waals surface area contributed by atoms with Crippen LogP contribution in [0.4, 0.5) is 18.9 Å². The fourth-order valence-corrected chi connectivity index (χ4v) is 1.97. The van der Waals surface area contributed by atoms with Crippen LogP contribution >= 0.6 is 11.6 Å². The molecule has 2 rings (SSSR count). The summed E-state index contributed by atoms with van der Waals surface area (Å²) in [5.41, 5.74) is -2.88. The van der Waals surface area contributed by atoms with E-state index < -0.39 is 39.0 Å². The van der Waals surface area contributed by atoms with Crippen molar-refractivity contribution >= 4 is 23.3 Å². The highest BCUT2D eigenvalue weighted by molar-refractivity contribution is 6.32. The van der Waals surface area contributed by atoms with Gasteiger partial charge in [0.1, 0.15) is 6.20 Å². The summed E-state index contributed by atoms with van der Waals surface area (Å²) in [7, 11) is 0. The highest BCUT2D eigenvalue weighted by atomic mass is 35.5. The lowest BCUT2D eigenvalue weighted by molar-refractivity contribution is -0.385. The van der Waals surface area contributed by atoms with Crippen LogP contribution in [0.3, 0.4) is 0 Å². The number of alkyl halides is 3. The summed E-state index contributed by atoms with van der Waals surface area (Å²) in [6, 6.07) is 2.13. The van der Waals surface area contributed by atoms with Gasteiger partial charge in [0.25, 0.3) is 0 Å². The number of benzene rings is 1. The van der Waals surface area contributed by atoms with Crippen LogP contribution in [-0.2, 0) is 6.18 Å². The van der Waals surface area contributed by atoms with Gasteiger partial charge in [0.05, 0.1) is 21.2 Å². The molecule has 0 saturated carbocycles. The first kappa shape index (κ1) is 15.8. The normalized spacial score (nSPS) is 11.5. The van der Waals surface area contributed by atoms with Crippen molar-refractivity contribution in [3.63, 3.8) is 0 Å². The van der Waals surface area contributed by atoms with Crippen LogP contribution in [0.2, 0.25) is 5.02 Å². The summed E-state index contributed by atoms with van der Waals surface area (Å²) in [4.78, 5) is 20.9. The molecule has 0 aliphatic rings. The van der Waals surface area contributed by atoms with Gasteiger partial charge in [-0.3, -0.25) is 10.1 Å². The Hall–Kier alpha value is -2.62. The first-order chi connectivity index (χ1) is 10.1. The Bertz CT molecular complexity index is 772. The Morgan fingerprint density at radius 1 is 1.41 bits per heavy atom. The molecule has 0 spiro atoms. The minimum Gasteiger partial charge on any atom is -0.476 e. The minimum atomic E-state index is -4.63. The maximum Gasteiger partial charge on any atom is 0.416 e. The predicted octanol–water partition coefficient (Wildman–Crippen LogP) is 3.15. The molecule has 0 saturated heterocycles. The van der Waals surface area contributed by atoms with E-state index in [1.807, 2.05) is 0 Å². The molecule has 1 heterocycles. The van der Waals surface area contributed by atoms with Gasteiger partial charge < -0.3 is 5.11 Å². The molecule has 0 amide bonds. The van der Waals surface area contributed by atoms with Gasteiger partial charge in [-0.05, 0) is 18.2 Å². The maximum atomic E-state index is 12.6. The molecule has 2 aromatic rings. The molecule has 11 heteroatoms. The number of nitrogens with zero attached hydrogens (tertiary/aromatic N) is 3. The van der Waals surface area contributed by atoms with Crippen molar-refractivity contribution in [1.29, 1.82) is 0 Å². The van der Waals surface area contributed by atoms with Crippen LogP contribution < -0.4 is 0 Å². The molecule has 1 N–H and O–H groups in total. The quantitative estimate of drug-likeness (QED) is 0.686. The van der Waals surface area contributed by atoms with Gasteiger partial charge in [-0.15, -0.1) is 0 Å². The second-order valence-corrected chi connectivity index (χ2v) is 4.42. The highest BCUT2D eigenvalue weighted by Crippen LogP contribution is 2.34. The first-order valence-corrected chi connectivity index (χ1v) is 5.83. The monoisotopic (exact) mass is 335 g/mol. The van der Waals surface area contributed by atoms with E-state index in [-0.39, 0.29) is 5.69 Å². The van der Waals surface area contributed by atoms with E-state index in [1.54, 1.807) is 0 Å². The third-order valence-corrected chi connectivity index (χ3v) is 2.96. The lowest BCUT2D eigenvalue weighted by atomic mass is 10.2. The van der Waals surface area contributed by atoms with Crippen molar-refractivity contribution < 1.29 is 28.0 Å². The van der Waals surface area contributed by atoms with Crippen molar-refractivity contribution in [2.75, 3.05) is 0 Å².